The Kier molecular flexibility index (Phi) is 7.96. The molecule has 0 atom stereocenters. The monoisotopic (exact) mass is 563 g/mol. The molecule has 0 unspecified atom stereocenters. The number of aryl methyl sites for hydroxylation is 2. The van der Waals surface area contributed by atoms with E-state index in [1.165, 1.54) is 5.56 Å². The van der Waals surface area contributed by atoms with E-state index in [0.29, 0.717) is 41.5 Å². The molecule has 6 rings (SSSR count). The molecule has 0 spiro atoms. The first kappa shape index (κ1) is 27.1. The molecule has 2 aliphatic rings. The molecule has 4 aromatic rings. The lowest BCUT2D eigenvalue weighted by molar-refractivity contribution is 0.0252. The van der Waals surface area contributed by atoms with Gasteiger partial charge in [0.25, 0.3) is 5.56 Å². The highest BCUT2D eigenvalue weighted by molar-refractivity contribution is 6.30. The van der Waals surface area contributed by atoms with Crippen LogP contribution < -0.4 is 10.9 Å². The minimum atomic E-state index is -0.185. The first-order valence-corrected chi connectivity index (χ1v) is 14.9. The summed E-state index contributed by atoms with van der Waals surface area (Å²) in [6.45, 7) is 9.57. The number of piperidine rings is 1. The topological polar surface area (TPSA) is 104 Å². The molecule has 212 valence electrons. The largest absolute Gasteiger partial charge is 0.384 e. The van der Waals surface area contributed by atoms with Crippen molar-refractivity contribution in [1.82, 2.24) is 29.4 Å². The third kappa shape index (κ3) is 5.42. The van der Waals surface area contributed by atoms with Crippen molar-refractivity contribution in [2.24, 2.45) is 0 Å². The first-order chi connectivity index (χ1) is 19.5. The second kappa shape index (κ2) is 11.8. The van der Waals surface area contributed by atoms with Gasteiger partial charge in [0.2, 0.25) is 0 Å². The number of hydrogen-bond donors (Lipinski definition) is 3. The summed E-state index contributed by atoms with van der Waals surface area (Å²) >= 11 is 6.43. The smallest absolute Gasteiger partial charge is 0.261 e. The lowest BCUT2D eigenvalue weighted by atomic mass is 9.87. The van der Waals surface area contributed by atoms with Crippen molar-refractivity contribution in [3.8, 4) is 11.4 Å². The second-order valence-electron chi connectivity index (χ2n) is 11.0. The minimum Gasteiger partial charge on any atom is -0.384 e. The van der Waals surface area contributed by atoms with E-state index >= 15 is 0 Å². The van der Waals surface area contributed by atoms with Crippen LogP contribution in [0.15, 0.2) is 35.5 Å². The number of benzene rings is 1. The van der Waals surface area contributed by atoms with Crippen molar-refractivity contribution >= 4 is 28.3 Å². The summed E-state index contributed by atoms with van der Waals surface area (Å²) in [4.78, 5) is 31.3. The number of aromatic amines is 2. The number of H-pyrrole nitrogens is 2. The van der Waals surface area contributed by atoms with Crippen molar-refractivity contribution in [1.29, 1.82) is 0 Å². The van der Waals surface area contributed by atoms with Crippen molar-refractivity contribution in [3.05, 3.63) is 63.1 Å². The van der Waals surface area contributed by atoms with Gasteiger partial charge in [0.1, 0.15) is 16.5 Å². The van der Waals surface area contributed by atoms with Crippen LogP contribution in [-0.4, -0.2) is 68.3 Å². The normalized spacial score (nSPS) is 17.6. The Morgan fingerprint density at radius 2 is 1.98 bits per heavy atom. The average Bonchev–Trinajstić information content (AvgIpc) is 3.57. The Balaban J connectivity index is 1.20. The Morgan fingerprint density at radius 1 is 1.18 bits per heavy atom. The van der Waals surface area contributed by atoms with E-state index in [9.17, 15) is 4.79 Å². The van der Waals surface area contributed by atoms with E-state index in [0.717, 1.165) is 86.5 Å². The molecule has 0 radical (unpaired) electrons. The quantitative estimate of drug-likeness (QED) is 0.275. The third-order valence-electron chi connectivity index (χ3n) is 8.57. The van der Waals surface area contributed by atoms with Gasteiger partial charge in [-0.05, 0) is 81.8 Å². The summed E-state index contributed by atoms with van der Waals surface area (Å²) in [5, 5.41) is 4.07. The molecule has 0 saturated carbocycles. The molecule has 2 aliphatic heterocycles. The summed E-state index contributed by atoms with van der Waals surface area (Å²) in [6, 6.07) is 7.08. The number of fused-ring (bicyclic) bond motifs is 1. The molecule has 9 nitrogen and oxygen atoms in total. The molecule has 0 bridgehead atoms. The van der Waals surface area contributed by atoms with Gasteiger partial charge in [-0.15, -0.1) is 0 Å². The third-order valence-corrected chi connectivity index (χ3v) is 9.00. The fourth-order valence-electron chi connectivity index (χ4n) is 6.29. The molecular formula is C30H38ClN7O2. The van der Waals surface area contributed by atoms with E-state index in [-0.39, 0.29) is 5.56 Å². The Labute approximate surface area is 239 Å². The van der Waals surface area contributed by atoms with Crippen LogP contribution in [0.1, 0.15) is 55.3 Å². The molecule has 3 N–H and O–H groups in total. The molecule has 10 heteroatoms. The number of anilines is 1. The maximum Gasteiger partial charge on any atom is 0.261 e. The van der Waals surface area contributed by atoms with E-state index in [4.69, 9.17) is 21.3 Å². The minimum absolute atomic E-state index is 0.185. The van der Waals surface area contributed by atoms with Crippen molar-refractivity contribution in [2.45, 2.75) is 64.5 Å². The first-order valence-electron chi connectivity index (χ1n) is 14.5. The zero-order valence-corrected chi connectivity index (χ0v) is 24.1. The van der Waals surface area contributed by atoms with E-state index in [2.05, 4.69) is 44.2 Å². The summed E-state index contributed by atoms with van der Waals surface area (Å²) in [5.41, 5.74) is 6.26. The molecule has 0 aliphatic carbocycles. The van der Waals surface area contributed by atoms with Crippen molar-refractivity contribution in [3.63, 3.8) is 0 Å². The fraction of sp³-hybridized carbons (Fsp3) is 0.500. The number of halogens is 1. The number of ether oxygens (including phenoxy) is 1. The lowest BCUT2D eigenvalue weighted by Gasteiger charge is -2.39. The second-order valence-corrected chi connectivity index (χ2v) is 11.4. The van der Waals surface area contributed by atoms with Crippen LogP contribution in [0.25, 0.3) is 22.4 Å². The van der Waals surface area contributed by atoms with Gasteiger partial charge in [-0.25, -0.2) is 9.97 Å². The van der Waals surface area contributed by atoms with Crippen LogP contribution >= 0.6 is 11.6 Å². The van der Waals surface area contributed by atoms with Crippen molar-refractivity contribution < 1.29 is 4.74 Å². The number of nitrogens with zero attached hydrogens (tertiary/aromatic N) is 4. The van der Waals surface area contributed by atoms with Crippen LogP contribution in [0.4, 0.5) is 5.69 Å². The van der Waals surface area contributed by atoms with Crippen LogP contribution in [-0.2, 0) is 17.7 Å². The van der Waals surface area contributed by atoms with E-state index < -0.39 is 0 Å². The number of nitrogens with one attached hydrogen (secondary N) is 3. The molecule has 3 aromatic heterocycles. The Bertz CT molecular complexity index is 1530. The zero-order valence-electron chi connectivity index (χ0n) is 23.3. The van der Waals surface area contributed by atoms with Crippen LogP contribution in [0, 0.1) is 6.92 Å². The number of pyridine rings is 1. The van der Waals surface area contributed by atoms with E-state index in [1.54, 1.807) is 12.5 Å². The van der Waals surface area contributed by atoms with Gasteiger partial charge in [-0.2, -0.15) is 0 Å². The van der Waals surface area contributed by atoms with Crippen LogP contribution in [0.5, 0.6) is 0 Å². The Morgan fingerprint density at radius 3 is 2.73 bits per heavy atom. The summed E-state index contributed by atoms with van der Waals surface area (Å²) in [5.74, 6) is 1.11. The Hall–Kier alpha value is -3.14. The van der Waals surface area contributed by atoms with Gasteiger partial charge in [0, 0.05) is 45.0 Å². The standard InChI is InChI=1S/C30H38ClN7O2/c1-3-37-18-34-24(28(37)31)5-10-32-23-4-11-33-30(39)26(23)29-35-25-17-21(16-19(2)27(25)36-29)20-6-12-38(13-7-20)22-8-14-40-15-9-22/h4,11,16-18,20,22H,3,5-10,12-15H2,1-2H3,(H,35,36)(H2,32,33,39). The average molecular weight is 564 g/mol. The van der Waals surface area contributed by atoms with Gasteiger partial charge in [0.15, 0.2) is 0 Å². The SMILES string of the molecule is CCn1cnc(CCNc2cc[nH]c(=O)c2-c2nc3c(C)cc(C4CCN(C5CCOCC5)CC4)cc3[nH]2)c1Cl. The molecule has 1 aromatic carbocycles. The molecule has 2 saturated heterocycles. The maximum absolute atomic E-state index is 13.0. The van der Waals surface area contributed by atoms with Gasteiger partial charge >= 0.3 is 0 Å². The van der Waals surface area contributed by atoms with Gasteiger partial charge in [0.05, 0.1) is 28.7 Å². The molecular weight excluding hydrogens is 526 g/mol. The number of rotatable bonds is 8. The molecule has 0 amide bonds. The summed E-state index contributed by atoms with van der Waals surface area (Å²) < 4.78 is 7.47. The highest BCUT2D eigenvalue weighted by atomic mass is 35.5. The summed E-state index contributed by atoms with van der Waals surface area (Å²) in [7, 11) is 0. The number of aromatic nitrogens is 5. The molecule has 40 heavy (non-hydrogen) atoms. The predicted octanol–water partition coefficient (Wildman–Crippen LogP) is 5.11. The highest BCUT2D eigenvalue weighted by Crippen LogP contribution is 2.34. The van der Waals surface area contributed by atoms with Crippen LogP contribution in [0.3, 0.4) is 0 Å². The van der Waals surface area contributed by atoms with Crippen LogP contribution in [0.2, 0.25) is 5.15 Å². The molecule has 2 fully saturated rings. The number of imidazole rings is 2. The van der Waals surface area contributed by atoms with E-state index in [1.807, 2.05) is 17.6 Å². The maximum atomic E-state index is 13.0. The van der Waals surface area contributed by atoms with Crippen molar-refractivity contribution in [2.75, 3.05) is 38.2 Å². The van der Waals surface area contributed by atoms with Gasteiger partial charge in [-0.1, -0.05) is 17.7 Å². The number of hydrogen-bond acceptors (Lipinski definition) is 6. The molecule has 5 heterocycles. The van der Waals surface area contributed by atoms with Gasteiger partial charge in [-0.3, -0.25) is 4.79 Å². The number of likely N-dealkylation sites (tertiary alicyclic amines) is 1. The van der Waals surface area contributed by atoms with Gasteiger partial charge < -0.3 is 29.5 Å². The zero-order chi connectivity index (χ0) is 27.6. The lowest BCUT2D eigenvalue weighted by Crippen LogP contribution is -2.43. The summed E-state index contributed by atoms with van der Waals surface area (Å²) in [6.07, 6.45) is 8.70. The highest BCUT2D eigenvalue weighted by Gasteiger charge is 2.28. The predicted molar refractivity (Wildman–Crippen MR) is 159 cm³/mol. The fourth-order valence-corrected chi connectivity index (χ4v) is 6.60.